The van der Waals surface area contributed by atoms with E-state index in [4.69, 9.17) is 16.3 Å². The number of carbonyl (C=O) groups is 2. The minimum absolute atomic E-state index is 0.0347. The molecule has 1 aromatic heterocycles. The van der Waals surface area contributed by atoms with Gasteiger partial charge in [-0.1, -0.05) is 11.6 Å². The van der Waals surface area contributed by atoms with E-state index >= 15 is 0 Å². The lowest BCUT2D eigenvalue weighted by atomic mass is 10.0. The van der Waals surface area contributed by atoms with Gasteiger partial charge in [0.15, 0.2) is 12.0 Å². The summed E-state index contributed by atoms with van der Waals surface area (Å²) in [5.41, 5.74) is 1.47. The molecule has 2 heterocycles. The Labute approximate surface area is 210 Å². The number of anilines is 1. The standard InChI is InChI=1S/C25H32ClFN4O4/c1-15-12-29(7-8-30(15)24(33)35-25(4,5)6)13-18-9-20(26)11-22(16(18)2)28-23(32)19-10-21(27)17(3)31(34)14-19/h9-11,14-15H,7-8,12-13H2,1-6H3,(H,28,32). The molecule has 0 spiro atoms. The molecule has 0 saturated carbocycles. The zero-order chi connectivity index (χ0) is 26.1. The van der Waals surface area contributed by atoms with Gasteiger partial charge in [0.25, 0.3) is 5.91 Å². The van der Waals surface area contributed by atoms with Crippen LogP contribution in [0, 0.1) is 24.9 Å². The van der Waals surface area contributed by atoms with Gasteiger partial charge in [0.05, 0.1) is 0 Å². The van der Waals surface area contributed by atoms with Gasteiger partial charge in [-0.25, -0.2) is 4.79 Å². The predicted molar refractivity (Wildman–Crippen MR) is 132 cm³/mol. The molecule has 1 aliphatic heterocycles. The molecule has 1 saturated heterocycles. The molecule has 1 fully saturated rings. The smallest absolute Gasteiger partial charge is 0.410 e. The molecule has 2 amide bonds. The monoisotopic (exact) mass is 506 g/mol. The average molecular weight is 507 g/mol. The van der Waals surface area contributed by atoms with Crippen molar-refractivity contribution in [1.82, 2.24) is 9.80 Å². The summed E-state index contributed by atoms with van der Waals surface area (Å²) in [7, 11) is 0. The van der Waals surface area contributed by atoms with Gasteiger partial charge in [0, 0.05) is 49.9 Å². The van der Waals surface area contributed by atoms with Crippen LogP contribution in [0.5, 0.6) is 0 Å². The fraction of sp³-hybridized carbons (Fsp3) is 0.480. The number of hydrogen-bond acceptors (Lipinski definition) is 5. The topological polar surface area (TPSA) is 88.8 Å². The number of piperazine rings is 1. The van der Waals surface area contributed by atoms with Crippen LogP contribution >= 0.6 is 11.6 Å². The van der Waals surface area contributed by atoms with Gasteiger partial charge in [0.1, 0.15) is 11.2 Å². The summed E-state index contributed by atoms with van der Waals surface area (Å²) < 4.78 is 19.8. The molecule has 1 aromatic carbocycles. The van der Waals surface area contributed by atoms with Crippen LogP contribution in [0.1, 0.15) is 54.9 Å². The number of aromatic nitrogens is 1. The van der Waals surface area contributed by atoms with Crippen molar-refractivity contribution in [3.05, 3.63) is 62.8 Å². The number of ether oxygens (including phenoxy) is 1. The second-order valence-electron chi connectivity index (χ2n) is 9.94. The lowest BCUT2D eigenvalue weighted by Gasteiger charge is -2.40. The zero-order valence-electron chi connectivity index (χ0n) is 20.9. The molecule has 0 radical (unpaired) electrons. The van der Waals surface area contributed by atoms with Crippen molar-refractivity contribution >= 4 is 29.3 Å². The second-order valence-corrected chi connectivity index (χ2v) is 10.4. The molecule has 2 aromatic rings. The number of halogens is 2. The highest BCUT2D eigenvalue weighted by Gasteiger charge is 2.31. The number of carbonyl (C=O) groups excluding carboxylic acids is 2. The van der Waals surface area contributed by atoms with Crippen molar-refractivity contribution in [2.45, 2.75) is 59.7 Å². The highest BCUT2D eigenvalue weighted by Crippen LogP contribution is 2.27. The molecule has 190 valence electrons. The number of pyridine rings is 1. The Morgan fingerprint density at radius 1 is 1.26 bits per heavy atom. The number of amides is 2. The third-order valence-electron chi connectivity index (χ3n) is 5.94. The summed E-state index contributed by atoms with van der Waals surface area (Å²) in [6.45, 7) is 13.1. The largest absolute Gasteiger partial charge is 0.618 e. The number of benzene rings is 1. The van der Waals surface area contributed by atoms with Gasteiger partial charge >= 0.3 is 6.09 Å². The lowest BCUT2D eigenvalue weighted by Crippen LogP contribution is -2.54. The molecular formula is C25H32ClFN4O4. The van der Waals surface area contributed by atoms with E-state index < -0.39 is 17.3 Å². The van der Waals surface area contributed by atoms with Crippen LogP contribution in [0.3, 0.4) is 0 Å². The van der Waals surface area contributed by atoms with Crippen molar-refractivity contribution in [3.63, 3.8) is 0 Å². The van der Waals surface area contributed by atoms with Gasteiger partial charge in [-0.3, -0.25) is 9.69 Å². The minimum atomic E-state index is -0.754. The van der Waals surface area contributed by atoms with E-state index in [1.165, 1.54) is 6.92 Å². The first kappa shape index (κ1) is 26.7. The molecule has 1 aliphatic rings. The van der Waals surface area contributed by atoms with Crippen LogP contribution < -0.4 is 10.0 Å². The summed E-state index contributed by atoms with van der Waals surface area (Å²) in [4.78, 5) is 29.2. The maximum Gasteiger partial charge on any atom is 0.410 e. The third kappa shape index (κ3) is 6.61. The van der Waals surface area contributed by atoms with E-state index in [0.717, 1.165) is 23.4 Å². The fourth-order valence-corrected chi connectivity index (χ4v) is 4.21. The highest BCUT2D eigenvalue weighted by atomic mass is 35.5. The van der Waals surface area contributed by atoms with Crippen LogP contribution in [0.2, 0.25) is 5.02 Å². The number of nitrogens with zero attached hydrogens (tertiary/aromatic N) is 3. The molecular weight excluding hydrogens is 475 g/mol. The summed E-state index contributed by atoms with van der Waals surface area (Å²) in [5.74, 6) is -1.36. The van der Waals surface area contributed by atoms with Gasteiger partial charge in [-0.2, -0.15) is 9.12 Å². The van der Waals surface area contributed by atoms with Gasteiger partial charge in [0.2, 0.25) is 5.69 Å². The van der Waals surface area contributed by atoms with Crippen LogP contribution in [0.4, 0.5) is 14.9 Å². The van der Waals surface area contributed by atoms with Crippen molar-refractivity contribution in [3.8, 4) is 0 Å². The first-order valence-corrected chi connectivity index (χ1v) is 11.8. The minimum Gasteiger partial charge on any atom is -0.618 e. The Kier molecular flexibility index (Phi) is 7.91. The molecule has 10 heteroatoms. The number of nitrogens with one attached hydrogen (secondary N) is 1. The van der Waals surface area contributed by atoms with E-state index in [0.29, 0.717) is 41.6 Å². The van der Waals surface area contributed by atoms with Crippen molar-refractivity contribution in [2.75, 3.05) is 25.0 Å². The first-order chi connectivity index (χ1) is 16.2. The zero-order valence-corrected chi connectivity index (χ0v) is 21.7. The Hall–Kier alpha value is -2.91. The van der Waals surface area contributed by atoms with E-state index in [1.807, 2.05) is 40.7 Å². The maximum absolute atomic E-state index is 13.9. The van der Waals surface area contributed by atoms with E-state index in [9.17, 15) is 19.2 Å². The lowest BCUT2D eigenvalue weighted by molar-refractivity contribution is -0.614. The average Bonchev–Trinajstić information content (AvgIpc) is 2.73. The molecule has 1 N–H and O–H groups in total. The maximum atomic E-state index is 13.9. The van der Waals surface area contributed by atoms with Gasteiger partial charge in [-0.15, -0.1) is 0 Å². The summed E-state index contributed by atoms with van der Waals surface area (Å²) in [6.07, 6.45) is 0.723. The second kappa shape index (κ2) is 10.4. The molecule has 1 unspecified atom stereocenters. The summed E-state index contributed by atoms with van der Waals surface area (Å²) >= 11 is 6.34. The number of rotatable bonds is 4. The normalized spacial score (nSPS) is 16.8. The Morgan fingerprint density at radius 2 is 1.94 bits per heavy atom. The first-order valence-electron chi connectivity index (χ1n) is 11.5. The summed E-state index contributed by atoms with van der Waals surface area (Å²) in [6, 6.07) is 4.46. The van der Waals surface area contributed by atoms with Crippen molar-refractivity contribution in [2.24, 2.45) is 0 Å². The molecule has 1 atom stereocenters. The Morgan fingerprint density at radius 3 is 2.54 bits per heavy atom. The Bertz CT molecular complexity index is 1110. The van der Waals surface area contributed by atoms with Crippen LogP contribution in [0.25, 0.3) is 0 Å². The van der Waals surface area contributed by atoms with Crippen LogP contribution in [0.15, 0.2) is 24.4 Å². The van der Waals surface area contributed by atoms with Crippen LogP contribution in [-0.2, 0) is 11.3 Å². The third-order valence-corrected chi connectivity index (χ3v) is 6.16. The quantitative estimate of drug-likeness (QED) is 0.489. The molecule has 0 bridgehead atoms. The van der Waals surface area contributed by atoms with E-state index in [2.05, 4.69) is 10.2 Å². The molecule has 8 nitrogen and oxygen atoms in total. The van der Waals surface area contributed by atoms with Crippen LogP contribution in [-0.4, -0.2) is 53.1 Å². The number of hydrogen-bond donors (Lipinski definition) is 1. The van der Waals surface area contributed by atoms with Crippen molar-refractivity contribution in [1.29, 1.82) is 0 Å². The fourth-order valence-electron chi connectivity index (χ4n) is 3.96. The predicted octanol–water partition coefficient (Wildman–Crippen LogP) is 4.42. The van der Waals surface area contributed by atoms with Crippen molar-refractivity contribution < 1.29 is 23.4 Å². The van der Waals surface area contributed by atoms with Gasteiger partial charge < -0.3 is 20.2 Å². The molecule has 3 rings (SSSR count). The van der Waals surface area contributed by atoms with E-state index in [-0.39, 0.29) is 23.4 Å². The highest BCUT2D eigenvalue weighted by molar-refractivity contribution is 6.31. The van der Waals surface area contributed by atoms with E-state index in [1.54, 1.807) is 11.0 Å². The summed E-state index contributed by atoms with van der Waals surface area (Å²) in [5, 5.41) is 15.0. The molecule has 0 aliphatic carbocycles. The molecule has 35 heavy (non-hydrogen) atoms. The van der Waals surface area contributed by atoms with Gasteiger partial charge in [-0.05, 0) is 63.9 Å². The Balaban J connectivity index is 1.72. The SMILES string of the molecule is Cc1c(CN2CCN(C(=O)OC(C)(C)C)C(C)C2)cc(Cl)cc1NC(=O)c1cc(F)c(C)[n+]([O-])c1.